The molecule has 0 spiro atoms. The van der Waals surface area contributed by atoms with Crippen molar-refractivity contribution in [2.24, 2.45) is 23.3 Å². The van der Waals surface area contributed by atoms with Gasteiger partial charge in [-0.1, -0.05) is 45.4 Å². The van der Waals surface area contributed by atoms with Gasteiger partial charge in [0.1, 0.15) is 0 Å². The van der Waals surface area contributed by atoms with Crippen molar-refractivity contribution in [1.29, 1.82) is 0 Å². The van der Waals surface area contributed by atoms with Crippen LogP contribution in [0.3, 0.4) is 0 Å². The van der Waals surface area contributed by atoms with Gasteiger partial charge in [0.25, 0.3) is 7.52 Å². The van der Waals surface area contributed by atoms with E-state index in [2.05, 4.69) is 20.8 Å². The highest BCUT2D eigenvalue weighted by Gasteiger charge is 2.36. The summed E-state index contributed by atoms with van der Waals surface area (Å²) in [5, 5.41) is 0.612. The number of hydrogen-bond donors (Lipinski definition) is 1. The molecule has 1 aromatic rings. The average Bonchev–Trinajstić information content (AvgIpc) is 2.39. The Morgan fingerprint density at radius 2 is 1.90 bits per heavy atom. The first kappa shape index (κ1) is 15.8. The molecule has 0 bridgehead atoms. The van der Waals surface area contributed by atoms with E-state index in [9.17, 15) is 4.57 Å². The number of rotatable bonds is 4. The van der Waals surface area contributed by atoms with Crippen LogP contribution >= 0.6 is 7.52 Å². The van der Waals surface area contributed by atoms with Gasteiger partial charge >= 0.3 is 0 Å². The van der Waals surface area contributed by atoms with Crippen LogP contribution < -0.4 is 10.8 Å². The molecule has 1 aromatic carbocycles. The van der Waals surface area contributed by atoms with E-state index >= 15 is 0 Å². The summed E-state index contributed by atoms with van der Waals surface area (Å²) in [5.41, 5.74) is 6.01. The summed E-state index contributed by atoms with van der Waals surface area (Å²) in [6.45, 7) is 6.65. The van der Waals surface area contributed by atoms with Crippen molar-refractivity contribution in [1.82, 2.24) is 0 Å². The first-order valence-electron chi connectivity index (χ1n) is 7.53. The van der Waals surface area contributed by atoms with Gasteiger partial charge in [0.2, 0.25) is 0 Å². The quantitative estimate of drug-likeness (QED) is 0.856. The van der Waals surface area contributed by atoms with Crippen LogP contribution in [0, 0.1) is 17.8 Å². The Bertz CT molecular complexity index is 475. The third kappa shape index (κ3) is 3.72. The highest BCUT2D eigenvalue weighted by Crippen LogP contribution is 2.45. The molecule has 3 nitrogen and oxygen atoms in total. The van der Waals surface area contributed by atoms with Gasteiger partial charge in [-0.05, 0) is 42.7 Å². The fraction of sp³-hybridized carbons (Fsp3) is 0.625. The third-order valence-corrected chi connectivity index (χ3v) is 5.97. The molecule has 2 rings (SSSR count). The molecule has 4 heteroatoms. The minimum atomic E-state index is -3.22. The Balaban J connectivity index is 2.15. The Hall–Kier alpha value is -0.630. The van der Waals surface area contributed by atoms with E-state index in [0.717, 1.165) is 12.8 Å². The summed E-state index contributed by atoms with van der Waals surface area (Å²) in [5.74, 6) is 1.60. The second kappa shape index (κ2) is 6.43. The molecule has 20 heavy (non-hydrogen) atoms. The van der Waals surface area contributed by atoms with Gasteiger partial charge in [0, 0.05) is 0 Å². The van der Waals surface area contributed by atoms with Crippen molar-refractivity contribution in [2.45, 2.75) is 46.1 Å². The van der Waals surface area contributed by atoms with Crippen LogP contribution in [0.2, 0.25) is 0 Å². The van der Waals surface area contributed by atoms with Gasteiger partial charge < -0.3 is 4.52 Å². The molecule has 0 aliphatic heterocycles. The van der Waals surface area contributed by atoms with E-state index in [1.165, 1.54) is 6.42 Å². The fourth-order valence-electron chi connectivity index (χ4n) is 3.13. The standard InChI is InChI=1S/C16H26NO2P/c1-12(2)15-10-9-13(3)11-16(15)19-20(17,18)14-7-5-4-6-8-14/h4-8,12-13,15-16H,9-11H2,1-3H3,(H2,17,18)/t13-,15-,16+,20-/m0/s1. The summed E-state index contributed by atoms with van der Waals surface area (Å²) < 4.78 is 18.7. The summed E-state index contributed by atoms with van der Waals surface area (Å²) in [7, 11) is -3.22. The summed E-state index contributed by atoms with van der Waals surface area (Å²) in [4.78, 5) is 0. The Morgan fingerprint density at radius 1 is 1.25 bits per heavy atom. The highest BCUT2D eigenvalue weighted by atomic mass is 31.2. The zero-order valence-corrected chi connectivity index (χ0v) is 13.6. The van der Waals surface area contributed by atoms with Gasteiger partial charge in [0.15, 0.2) is 0 Å². The second-order valence-electron chi connectivity index (χ2n) is 6.40. The minimum Gasteiger partial charge on any atom is -0.311 e. The molecule has 1 saturated carbocycles. The molecule has 0 heterocycles. The van der Waals surface area contributed by atoms with Crippen molar-refractivity contribution in [3.8, 4) is 0 Å². The lowest BCUT2D eigenvalue weighted by Crippen LogP contribution is -2.35. The van der Waals surface area contributed by atoms with Gasteiger partial charge in [-0.2, -0.15) is 0 Å². The Morgan fingerprint density at radius 3 is 2.50 bits per heavy atom. The van der Waals surface area contributed by atoms with E-state index in [1.807, 2.05) is 18.2 Å². The predicted molar refractivity (Wildman–Crippen MR) is 84.1 cm³/mol. The fourth-order valence-corrected chi connectivity index (χ4v) is 4.49. The molecule has 0 radical (unpaired) electrons. The molecule has 0 amide bonds. The molecular formula is C16H26NO2P. The molecule has 0 saturated heterocycles. The van der Waals surface area contributed by atoms with Crippen molar-refractivity contribution in [2.75, 3.05) is 0 Å². The Labute approximate surface area is 122 Å². The Kier molecular flexibility index (Phi) is 5.06. The van der Waals surface area contributed by atoms with Crippen LogP contribution in [-0.2, 0) is 9.09 Å². The molecule has 112 valence electrons. The lowest BCUT2D eigenvalue weighted by Gasteiger charge is -2.38. The largest absolute Gasteiger partial charge is 0.311 e. The van der Waals surface area contributed by atoms with Gasteiger partial charge in [-0.25, -0.2) is 0 Å². The maximum absolute atomic E-state index is 12.7. The average molecular weight is 295 g/mol. The van der Waals surface area contributed by atoms with E-state index in [1.54, 1.807) is 12.1 Å². The van der Waals surface area contributed by atoms with Gasteiger partial charge in [0.05, 0.1) is 11.4 Å². The van der Waals surface area contributed by atoms with Gasteiger partial charge in [-0.15, -0.1) is 0 Å². The second-order valence-corrected chi connectivity index (χ2v) is 8.32. The van der Waals surface area contributed by atoms with Crippen molar-refractivity contribution in [3.63, 3.8) is 0 Å². The van der Waals surface area contributed by atoms with E-state index < -0.39 is 7.52 Å². The molecule has 2 N–H and O–H groups in total. The van der Waals surface area contributed by atoms with Gasteiger partial charge in [-0.3, -0.25) is 10.1 Å². The maximum Gasteiger partial charge on any atom is 0.297 e. The molecule has 1 aliphatic carbocycles. The minimum absolute atomic E-state index is 0.00906. The summed E-state index contributed by atoms with van der Waals surface area (Å²) >= 11 is 0. The van der Waals surface area contributed by atoms with E-state index in [4.69, 9.17) is 10.0 Å². The SMILES string of the molecule is CC(C)[C@@H]1CC[C@H](C)C[C@H]1O[P@@](N)(=O)c1ccccc1. The predicted octanol–water partition coefficient (Wildman–Crippen LogP) is 3.94. The highest BCUT2D eigenvalue weighted by molar-refractivity contribution is 7.64. The van der Waals surface area contributed by atoms with E-state index in [0.29, 0.717) is 23.1 Å². The number of nitrogens with two attached hydrogens (primary N) is 1. The normalized spacial score (nSPS) is 30.1. The first-order chi connectivity index (χ1) is 9.40. The molecule has 0 aromatic heterocycles. The van der Waals surface area contributed by atoms with E-state index in [-0.39, 0.29) is 6.10 Å². The summed E-state index contributed by atoms with van der Waals surface area (Å²) in [6.07, 6.45) is 3.33. The van der Waals surface area contributed by atoms with Crippen LogP contribution in [-0.4, -0.2) is 6.10 Å². The third-order valence-electron chi connectivity index (χ3n) is 4.37. The zero-order valence-electron chi connectivity index (χ0n) is 12.7. The van der Waals surface area contributed by atoms with Crippen molar-refractivity contribution < 1.29 is 9.09 Å². The topological polar surface area (TPSA) is 52.3 Å². The lowest BCUT2D eigenvalue weighted by molar-refractivity contribution is 0.0498. The van der Waals surface area contributed by atoms with Crippen molar-refractivity contribution in [3.05, 3.63) is 30.3 Å². The molecule has 0 unspecified atom stereocenters. The first-order valence-corrected chi connectivity index (χ1v) is 9.22. The lowest BCUT2D eigenvalue weighted by atomic mass is 9.75. The molecule has 1 fully saturated rings. The van der Waals surface area contributed by atoms with Crippen LogP contribution in [0.5, 0.6) is 0 Å². The van der Waals surface area contributed by atoms with Crippen LogP contribution in [0.25, 0.3) is 0 Å². The number of hydrogen-bond acceptors (Lipinski definition) is 2. The monoisotopic (exact) mass is 295 g/mol. The zero-order chi connectivity index (χ0) is 14.8. The maximum atomic E-state index is 12.7. The molecular weight excluding hydrogens is 269 g/mol. The molecule has 1 aliphatic rings. The molecule has 4 atom stereocenters. The van der Waals surface area contributed by atoms with Crippen molar-refractivity contribution >= 4 is 12.8 Å². The van der Waals surface area contributed by atoms with Crippen LogP contribution in [0.4, 0.5) is 0 Å². The van der Waals surface area contributed by atoms with Crippen LogP contribution in [0.1, 0.15) is 40.0 Å². The summed E-state index contributed by atoms with van der Waals surface area (Å²) in [6, 6.07) is 9.17. The number of benzene rings is 1. The smallest absolute Gasteiger partial charge is 0.297 e. The van der Waals surface area contributed by atoms with Crippen LogP contribution in [0.15, 0.2) is 30.3 Å².